The van der Waals surface area contributed by atoms with Gasteiger partial charge in [0.2, 0.25) is 5.91 Å². The number of nitrogens with one attached hydrogen (secondary N) is 1. The number of amides is 3. The first-order chi connectivity index (χ1) is 13.0. The fraction of sp³-hybridized carbons (Fsp3) is 0.263. The monoisotopic (exact) mass is 407 g/mol. The Morgan fingerprint density at radius 2 is 2.00 bits per heavy atom. The average molecular weight is 408 g/mol. The van der Waals surface area contributed by atoms with Crippen molar-refractivity contribution in [1.82, 2.24) is 4.90 Å². The van der Waals surface area contributed by atoms with Crippen molar-refractivity contribution in [3.05, 3.63) is 53.6 Å². The normalized spacial score (nSPS) is 10.3. The second-order valence-corrected chi connectivity index (χ2v) is 7.29. The number of para-hydroxylation sites is 1. The minimum atomic E-state index is -0.344. The van der Waals surface area contributed by atoms with Gasteiger partial charge in [-0.25, -0.2) is 4.79 Å². The van der Waals surface area contributed by atoms with Crippen LogP contribution >= 0.6 is 23.4 Å². The lowest BCUT2D eigenvalue weighted by molar-refractivity contribution is -0.117. The fourth-order valence-corrected chi connectivity index (χ4v) is 3.28. The van der Waals surface area contributed by atoms with E-state index < -0.39 is 0 Å². The summed E-state index contributed by atoms with van der Waals surface area (Å²) in [6.45, 7) is 0.759. The molecule has 2 aromatic carbocycles. The van der Waals surface area contributed by atoms with Crippen molar-refractivity contribution in [2.75, 3.05) is 31.3 Å². The molecule has 0 saturated carbocycles. The van der Waals surface area contributed by atoms with E-state index in [2.05, 4.69) is 5.32 Å². The number of nitrogens with two attached hydrogens (primary N) is 1. The number of nitrogens with zero attached hydrogens (tertiary/aromatic N) is 1. The van der Waals surface area contributed by atoms with Crippen LogP contribution in [0.2, 0.25) is 5.02 Å². The maximum Gasteiger partial charge on any atom is 0.321 e. The molecule has 0 aromatic heterocycles. The van der Waals surface area contributed by atoms with E-state index in [1.54, 1.807) is 25.2 Å². The van der Waals surface area contributed by atoms with E-state index in [1.807, 2.05) is 30.3 Å². The predicted molar refractivity (Wildman–Crippen MR) is 110 cm³/mol. The summed E-state index contributed by atoms with van der Waals surface area (Å²) >= 11 is 7.39. The van der Waals surface area contributed by atoms with Crippen molar-refractivity contribution in [2.45, 2.75) is 11.3 Å². The number of likely N-dealkylation sites (N-methyl/N-ethyl adjacent to an activating group) is 1. The van der Waals surface area contributed by atoms with Crippen LogP contribution in [0, 0.1) is 0 Å². The first-order valence-corrected chi connectivity index (χ1v) is 9.72. The number of hydrogen-bond acceptors (Lipinski definition) is 4. The number of hydrogen-bond donors (Lipinski definition) is 2. The zero-order chi connectivity index (χ0) is 19.6. The van der Waals surface area contributed by atoms with Gasteiger partial charge in [0.25, 0.3) is 0 Å². The SMILES string of the molecule is CN(CCOc1cccc(Cl)c1)C(=O)Nc1ccccc1SCCC(N)=O. The second-order valence-electron chi connectivity index (χ2n) is 5.72. The Bertz CT molecular complexity index is 788. The van der Waals surface area contributed by atoms with Crippen LogP contribution in [0.1, 0.15) is 6.42 Å². The van der Waals surface area contributed by atoms with Crippen molar-refractivity contribution >= 4 is 41.0 Å². The Kier molecular flexibility index (Phi) is 8.29. The van der Waals surface area contributed by atoms with Gasteiger partial charge in [-0.15, -0.1) is 11.8 Å². The zero-order valence-electron chi connectivity index (χ0n) is 15.0. The summed E-state index contributed by atoms with van der Waals surface area (Å²) in [5.74, 6) is 0.877. The number of primary amides is 1. The summed E-state index contributed by atoms with van der Waals surface area (Å²) in [5, 5.41) is 3.48. The molecule has 3 N–H and O–H groups in total. The summed E-state index contributed by atoms with van der Waals surface area (Å²) in [7, 11) is 1.69. The van der Waals surface area contributed by atoms with E-state index in [1.165, 1.54) is 16.7 Å². The smallest absolute Gasteiger partial charge is 0.321 e. The lowest BCUT2D eigenvalue weighted by Crippen LogP contribution is -2.34. The number of carbonyl (C=O) groups is 2. The molecule has 8 heteroatoms. The molecule has 0 saturated heterocycles. The van der Waals surface area contributed by atoms with Gasteiger partial charge >= 0.3 is 6.03 Å². The number of carbonyl (C=O) groups excluding carboxylic acids is 2. The Labute approximate surface area is 168 Å². The van der Waals surface area contributed by atoms with Crippen LogP contribution in [-0.2, 0) is 4.79 Å². The number of benzene rings is 2. The summed E-state index contributed by atoms with van der Waals surface area (Å²) in [6, 6.07) is 14.3. The first kappa shape index (κ1) is 20.9. The van der Waals surface area contributed by atoms with Crippen molar-refractivity contribution in [3.63, 3.8) is 0 Å². The summed E-state index contributed by atoms with van der Waals surface area (Å²) < 4.78 is 5.60. The van der Waals surface area contributed by atoms with E-state index in [0.29, 0.717) is 35.4 Å². The van der Waals surface area contributed by atoms with Crippen molar-refractivity contribution in [2.24, 2.45) is 5.73 Å². The number of ether oxygens (including phenoxy) is 1. The molecule has 0 heterocycles. The average Bonchev–Trinajstić information content (AvgIpc) is 2.63. The number of thioether (sulfide) groups is 1. The van der Waals surface area contributed by atoms with Gasteiger partial charge in [0, 0.05) is 29.1 Å². The summed E-state index contributed by atoms with van der Waals surface area (Å²) in [5.41, 5.74) is 5.86. The lowest BCUT2D eigenvalue weighted by Gasteiger charge is -2.19. The zero-order valence-corrected chi connectivity index (χ0v) is 16.6. The molecule has 2 aromatic rings. The number of halogens is 1. The largest absolute Gasteiger partial charge is 0.492 e. The molecule has 0 aliphatic carbocycles. The Balaban J connectivity index is 1.84. The molecule has 0 spiro atoms. The molecule has 0 radical (unpaired) electrons. The van der Waals surface area contributed by atoms with Crippen LogP contribution in [0.4, 0.5) is 10.5 Å². The molecular formula is C19H22ClN3O3S. The van der Waals surface area contributed by atoms with Gasteiger partial charge in [-0.05, 0) is 30.3 Å². The van der Waals surface area contributed by atoms with E-state index in [0.717, 1.165) is 4.90 Å². The maximum absolute atomic E-state index is 12.4. The third-order valence-electron chi connectivity index (χ3n) is 3.57. The molecule has 0 aliphatic heterocycles. The van der Waals surface area contributed by atoms with E-state index in [4.69, 9.17) is 22.1 Å². The summed E-state index contributed by atoms with van der Waals surface area (Å²) in [6.07, 6.45) is 0.285. The van der Waals surface area contributed by atoms with Gasteiger partial charge < -0.3 is 20.7 Å². The van der Waals surface area contributed by atoms with Crippen LogP contribution in [0.15, 0.2) is 53.4 Å². The molecule has 2 rings (SSSR count). The number of rotatable bonds is 9. The fourth-order valence-electron chi connectivity index (χ4n) is 2.13. The van der Waals surface area contributed by atoms with Gasteiger partial charge in [-0.1, -0.05) is 29.8 Å². The maximum atomic E-state index is 12.4. The molecular weight excluding hydrogens is 386 g/mol. The molecule has 27 heavy (non-hydrogen) atoms. The number of urea groups is 1. The minimum absolute atomic E-state index is 0.243. The predicted octanol–water partition coefficient (Wildman–Crippen LogP) is 3.85. The molecule has 0 unspecified atom stereocenters. The standard InChI is InChI=1S/C19H22ClN3O3S/c1-23(10-11-26-15-6-4-5-14(20)13-15)19(25)22-16-7-2-3-8-17(16)27-12-9-18(21)24/h2-8,13H,9-12H2,1H3,(H2,21,24)(H,22,25). The second kappa shape index (κ2) is 10.7. The van der Waals surface area contributed by atoms with Gasteiger partial charge in [0.05, 0.1) is 12.2 Å². The van der Waals surface area contributed by atoms with Crippen LogP contribution < -0.4 is 15.8 Å². The highest BCUT2D eigenvalue weighted by atomic mass is 35.5. The molecule has 0 aliphatic rings. The van der Waals surface area contributed by atoms with Crippen LogP contribution in [-0.4, -0.2) is 42.8 Å². The Morgan fingerprint density at radius 1 is 1.22 bits per heavy atom. The first-order valence-electron chi connectivity index (χ1n) is 8.36. The van der Waals surface area contributed by atoms with E-state index in [9.17, 15) is 9.59 Å². The van der Waals surface area contributed by atoms with Crippen molar-refractivity contribution in [3.8, 4) is 5.75 Å². The Hall–Kier alpha value is -2.38. The molecule has 0 atom stereocenters. The van der Waals surface area contributed by atoms with Crippen LogP contribution in [0.25, 0.3) is 0 Å². The van der Waals surface area contributed by atoms with Gasteiger partial charge in [-0.2, -0.15) is 0 Å². The topological polar surface area (TPSA) is 84.7 Å². The minimum Gasteiger partial charge on any atom is -0.492 e. The highest BCUT2D eigenvalue weighted by molar-refractivity contribution is 7.99. The van der Waals surface area contributed by atoms with Gasteiger partial charge in [0.1, 0.15) is 12.4 Å². The highest BCUT2D eigenvalue weighted by Gasteiger charge is 2.12. The lowest BCUT2D eigenvalue weighted by atomic mass is 10.3. The van der Waals surface area contributed by atoms with Crippen LogP contribution in [0.5, 0.6) is 5.75 Å². The number of anilines is 1. The molecule has 144 valence electrons. The van der Waals surface area contributed by atoms with Crippen LogP contribution in [0.3, 0.4) is 0 Å². The van der Waals surface area contributed by atoms with Crippen molar-refractivity contribution in [1.29, 1.82) is 0 Å². The summed E-state index contributed by atoms with van der Waals surface area (Å²) in [4.78, 5) is 25.7. The van der Waals surface area contributed by atoms with Gasteiger partial charge in [-0.3, -0.25) is 4.79 Å². The van der Waals surface area contributed by atoms with E-state index >= 15 is 0 Å². The Morgan fingerprint density at radius 3 is 2.74 bits per heavy atom. The third kappa shape index (κ3) is 7.40. The molecule has 0 fully saturated rings. The third-order valence-corrected chi connectivity index (χ3v) is 4.88. The molecule has 3 amide bonds. The van der Waals surface area contributed by atoms with E-state index in [-0.39, 0.29) is 18.4 Å². The highest BCUT2D eigenvalue weighted by Crippen LogP contribution is 2.27. The molecule has 0 bridgehead atoms. The van der Waals surface area contributed by atoms with Gasteiger partial charge in [0.15, 0.2) is 0 Å². The quantitative estimate of drug-likeness (QED) is 0.618. The molecule has 6 nitrogen and oxygen atoms in total. The van der Waals surface area contributed by atoms with Crippen molar-refractivity contribution < 1.29 is 14.3 Å².